The summed E-state index contributed by atoms with van der Waals surface area (Å²) in [5, 5.41) is 0.672. The van der Waals surface area contributed by atoms with Gasteiger partial charge in [-0.05, 0) is 30.7 Å². The van der Waals surface area contributed by atoms with E-state index in [1.807, 2.05) is 0 Å². The Balaban J connectivity index is 1.86. The van der Waals surface area contributed by atoms with Crippen molar-refractivity contribution < 1.29 is 8.78 Å². The van der Waals surface area contributed by atoms with E-state index in [4.69, 9.17) is 23.2 Å². The number of aromatic nitrogens is 2. The average Bonchev–Trinajstić information content (AvgIpc) is 3.21. The summed E-state index contributed by atoms with van der Waals surface area (Å²) in [6.45, 7) is 0. The van der Waals surface area contributed by atoms with Gasteiger partial charge < -0.3 is 0 Å². The number of alkyl halides is 2. The third-order valence-electron chi connectivity index (χ3n) is 4.26. The zero-order chi connectivity index (χ0) is 18.5. The van der Waals surface area contributed by atoms with Gasteiger partial charge in [-0.2, -0.15) is 0 Å². The maximum atomic E-state index is 14.4. The topological polar surface area (TPSA) is 34.9 Å². The number of hydrogen-bond acceptors (Lipinski definition) is 3. The van der Waals surface area contributed by atoms with Gasteiger partial charge in [0.2, 0.25) is 0 Å². The summed E-state index contributed by atoms with van der Waals surface area (Å²) in [5.74, 6) is -0.929. The molecule has 0 saturated heterocycles. The smallest absolute Gasteiger partial charge is 0.266 e. The van der Waals surface area contributed by atoms with Crippen LogP contribution in [0.15, 0.2) is 52.4 Å². The molecule has 0 N–H and O–H groups in total. The molecule has 1 aliphatic carbocycles. The molecule has 1 aliphatic rings. The number of para-hydroxylation sites is 1. The fourth-order valence-corrected chi connectivity index (χ4v) is 4.65. The van der Waals surface area contributed by atoms with Crippen LogP contribution in [0.3, 0.4) is 0 Å². The Kier molecular flexibility index (Phi) is 4.45. The molecule has 0 bridgehead atoms. The van der Waals surface area contributed by atoms with E-state index in [2.05, 4.69) is 4.98 Å². The normalized spacial score (nSPS) is 18.2. The van der Waals surface area contributed by atoms with Crippen LogP contribution < -0.4 is 5.56 Å². The van der Waals surface area contributed by atoms with Gasteiger partial charge in [-0.3, -0.25) is 9.36 Å². The predicted molar refractivity (Wildman–Crippen MR) is 101 cm³/mol. The first-order valence-electron chi connectivity index (χ1n) is 7.84. The second-order valence-electron chi connectivity index (χ2n) is 6.12. The average molecular weight is 413 g/mol. The lowest BCUT2D eigenvalue weighted by atomic mass is 10.2. The molecule has 1 heterocycles. The third kappa shape index (κ3) is 3.21. The van der Waals surface area contributed by atoms with Crippen molar-refractivity contribution in [1.29, 1.82) is 0 Å². The van der Waals surface area contributed by atoms with Gasteiger partial charge in [0.15, 0.2) is 5.16 Å². The van der Waals surface area contributed by atoms with E-state index in [1.165, 1.54) is 22.4 Å². The van der Waals surface area contributed by atoms with E-state index in [-0.39, 0.29) is 11.6 Å². The maximum Gasteiger partial charge on any atom is 0.266 e. The lowest BCUT2D eigenvalue weighted by Gasteiger charge is -2.14. The van der Waals surface area contributed by atoms with E-state index < -0.39 is 21.5 Å². The van der Waals surface area contributed by atoms with Crippen molar-refractivity contribution in [2.45, 2.75) is 15.9 Å². The highest BCUT2D eigenvalue weighted by Crippen LogP contribution is 2.54. The van der Waals surface area contributed by atoms with Crippen molar-refractivity contribution in [3.8, 4) is 5.69 Å². The number of thioether (sulfide) groups is 1. The highest BCUT2D eigenvalue weighted by Gasteiger charge is 2.51. The Morgan fingerprint density at radius 1 is 1.23 bits per heavy atom. The van der Waals surface area contributed by atoms with Gasteiger partial charge in [0, 0.05) is 17.7 Å². The molecule has 3 aromatic rings. The second kappa shape index (κ2) is 6.51. The molecule has 4 rings (SSSR count). The molecule has 0 aliphatic heterocycles. The van der Waals surface area contributed by atoms with Crippen LogP contribution >= 0.6 is 35.0 Å². The Bertz CT molecular complexity index is 1070. The fraction of sp³-hybridized carbons (Fsp3) is 0.222. The van der Waals surface area contributed by atoms with E-state index in [1.54, 1.807) is 24.3 Å². The molecule has 0 amide bonds. The number of fused-ring (bicyclic) bond motifs is 1. The van der Waals surface area contributed by atoms with E-state index in [0.717, 1.165) is 12.1 Å². The molecule has 0 spiro atoms. The summed E-state index contributed by atoms with van der Waals surface area (Å²) in [6, 6.07) is 9.92. The maximum absolute atomic E-state index is 14.4. The number of hydrogen-bond donors (Lipinski definition) is 0. The van der Waals surface area contributed by atoms with Crippen molar-refractivity contribution >= 4 is 45.9 Å². The van der Waals surface area contributed by atoms with Crippen molar-refractivity contribution in [3.05, 3.63) is 64.5 Å². The van der Waals surface area contributed by atoms with Crippen molar-refractivity contribution in [2.24, 2.45) is 5.92 Å². The molecule has 134 valence electrons. The second-order valence-corrected chi connectivity index (χ2v) is 8.65. The zero-order valence-corrected chi connectivity index (χ0v) is 15.6. The largest absolute Gasteiger partial charge is 0.268 e. The lowest BCUT2D eigenvalue weighted by molar-refractivity contribution is 0.572. The van der Waals surface area contributed by atoms with Gasteiger partial charge in [-0.25, -0.2) is 13.8 Å². The minimum absolute atomic E-state index is 0.0454. The van der Waals surface area contributed by atoms with Crippen LogP contribution in [-0.2, 0) is 0 Å². The molecule has 1 atom stereocenters. The number of nitrogens with zero attached hydrogens (tertiary/aromatic N) is 2. The van der Waals surface area contributed by atoms with Crippen LogP contribution in [0.2, 0.25) is 0 Å². The summed E-state index contributed by atoms with van der Waals surface area (Å²) >= 11 is 13.4. The highest BCUT2D eigenvalue weighted by atomic mass is 35.5. The number of rotatable bonds is 4. The Hall–Kier alpha value is -1.63. The van der Waals surface area contributed by atoms with Gasteiger partial charge in [-0.1, -0.05) is 23.9 Å². The molecule has 0 unspecified atom stereocenters. The first-order chi connectivity index (χ1) is 12.4. The first-order valence-corrected chi connectivity index (χ1v) is 9.59. The molecular formula is C18H12Cl2F2N2OS. The third-order valence-corrected chi connectivity index (χ3v) is 6.29. The first kappa shape index (κ1) is 17.8. The van der Waals surface area contributed by atoms with Crippen molar-refractivity contribution in [3.63, 3.8) is 0 Å². The summed E-state index contributed by atoms with van der Waals surface area (Å²) in [6.07, 6.45) is 0.659. The monoisotopic (exact) mass is 412 g/mol. The van der Waals surface area contributed by atoms with Gasteiger partial charge >= 0.3 is 0 Å². The SMILES string of the molecule is O=c1c2ccccc2nc(SC[C@H]2CC2(Cl)Cl)n1-c1ccc(F)cc1F. The quantitative estimate of drug-likeness (QED) is 0.345. The minimum Gasteiger partial charge on any atom is -0.268 e. The van der Waals surface area contributed by atoms with E-state index in [9.17, 15) is 13.6 Å². The molecule has 3 nitrogen and oxygen atoms in total. The zero-order valence-electron chi connectivity index (χ0n) is 13.3. The van der Waals surface area contributed by atoms with E-state index >= 15 is 0 Å². The van der Waals surface area contributed by atoms with Crippen molar-refractivity contribution in [1.82, 2.24) is 9.55 Å². The standard InChI is InChI=1S/C18H12Cl2F2N2OS/c19-18(20)8-10(18)9-26-17-23-14-4-2-1-3-12(14)16(25)24(17)15-6-5-11(21)7-13(15)22/h1-7,10H,8-9H2/t10-/m1/s1. The molecule has 1 saturated carbocycles. The molecule has 0 radical (unpaired) electrons. The van der Waals surface area contributed by atoms with Gasteiger partial charge in [0.05, 0.1) is 16.6 Å². The van der Waals surface area contributed by atoms with Gasteiger partial charge in [-0.15, -0.1) is 23.2 Å². The highest BCUT2D eigenvalue weighted by molar-refractivity contribution is 7.99. The predicted octanol–water partition coefficient (Wildman–Crippen LogP) is 4.95. The molecule has 1 fully saturated rings. The van der Waals surface area contributed by atoms with Crippen LogP contribution in [-0.4, -0.2) is 19.6 Å². The van der Waals surface area contributed by atoms with Gasteiger partial charge in [0.25, 0.3) is 5.56 Å². The number of benzene rings is 2. The summed E-state index contributed by atoms with van der Waals surface area (Å²) in [4.78, 5) is 17.5. The summed E-state index contributed by atoms with van der Waals surface area (Å²) < 4.78 is 28.1. The molecule has 2 aromatic carbocycles. The Morgan fingerprint density at radius 2 is 1.96 bits per heavy atom. The summed E-state index contributed by atoms with van der Waals surface area (Å²) in [5.41, 5.74) is 0.0518. The van der Waals surface area contributed by atoms with Crippen LogP contribution in [0.4, 0.5) is 8.78 Å². The molecule has 26 heavy (non-hydrogen) atoms. The minimum atomic E-state index is -0.832. The Labute approximate surface area is 161 Å². The van der Waals surface area contributed by atoms with Crippen LogP contribution in [0.25, 0.3) is 16.6 Å². The van der Waals surface area contributed by atoms with E-state index in [0.29, 0.717) is 28.2 Å². The molecule has 8 heteroatoms. The number of halogens is 4. The van der Waals surface area contributed by atoms with Crippen LogP contribution in [0, 0.1) is 17.6 Å². The lowest BCUT2D eigenvalue weighted by Crippen LogP contribution is -2.23. The molecular weight excluding hydrogens is 401 g/mol. The molecule has 1 aromatic heterocycles. The summed E-state index contributed by atoms with van der Waals surface area (Å²) in [7, 11) is 0. The van der Waals surface area contributed by atoms with Crippen molar-refractivity contribution in [2.75, 3.05) is 5.75 Å². The van der Waals surface area contributed by atoms with Crippen LogP contribution in [0.1, 0.15) is 6.42 Å². The Morgan fingerprint density at radius 3 is 2.65 bits per heavy atom. The van der Waals surface area contributed by atoms with Gasteiger partial charge in [0.1, 0.15) is 16.0 Å². The fourth-order valence-electron chi connectivity index (χ4n) is 2.71. The van der Waals surface area contributed by atoms with Crippen LogP contribution in [0.5, 0.6) is 0 Å².